The molecular weight excluding hydrogens is 240 g/mol. The van der Waals surface area contributed by atoms with Gasteiger partial charge in [0.05, 0.1) is 5.56 Å². The summed E-state index contributed by atoms with van der Waals surface area (Å²) in [6.07, 6.45) is 0. The van der Waals surface area contributed by atoms with Crippen molar-refractivity contribution in [3.8, 4) is 17.2 Å². The summed E-state index contributed by atoms with van der Waals surface area (Å²) in [5.74, 6) is 0.931. The van der Waals surface area contributed by atoms with Gasteiger partial charge in [0.15, 0.2) is 5.82 Å². The van der Waals surface area contributed by atoms with Crippen LogP contribution in [0.15, 0.2) is 22.7 Å². The molecule has 0 atom stereocenters. The van der Waals surface area contributed by atoms with Crippen LogP contribution in [-0.2, 0) is 5.41 Å². The Morgan fingerprint density at radius 2 is 2.00 bits per heavy atom. The van der Waals surface area contributed by atoms with E-state index in [0.29, 0.717) is 16.4 Å². The van der Waals surface area contributed by atoms with Crippen LogP contribution in [0.4, 0.5) is 0 Å². The molecule has 1 heterocycles. The Balaban J connectivity index is 2.47. The SMILES string of the molecule is CC(C)(C)c1noc(-c2cc(Cl)ccc2O)n1. The summed E-state index contributed by atoms with van der Waals surface area (Å²) in [5.41, 5.74) is 0.246. The summed E-state index contributed by atoms with van der Waals surface area (Å²) in [4.78, 5) is 4.26. The smallest absolute Gasteiger partial charge is 0.261 e. The summed E-state index contributed by atoms with van der Waals surface area (Å²) < 4.78 is 5.13. The van der Waals surface area contributed by atoms with Crippen molar-refractivity contribution >= 4 is 11.6 Å². The van der Waals surface area contributed by atoms with Gasteiger partial charge in [-0.25, -0.2) is 0 Å². The number of phenolic OH excluding ortho intramolecular Hbond substituents is 1. The molecule has 0 unspecified atom stereocenters. The first-order valence-electron chi connectivity index (χ1n) is 5.21. The Morgan fingerprint density at radius 3 is 2.59 bits per heavy atom. The van der Waals surface area contributed by atoms with Gasteiger partial charge in [0.1, 0.15) is 5.75 Å². The van der Waals surface area contributed by atoms with E-state index in [1.165, 1.54) is 6.07 Å². The van der Waals surface area contributed by atoms with Crippen LogP contribution in [0.2, 0.25) is 5.02 Å². The molecule has 0 aliphatic carbocycles. The molecule has 0 fully saturated rings. The molecule has 1 N–H and O–H groups in total. The van der Waals surface area contributed by atoms with Crippen LogP contribution < -0.4 is 0 Å². The zero-order chi connectivity index (χ0) is 12.6. The van der Waals surface area contributed by atoms with E-state index in [9.17, 15) is 5.11 Å². The summed E-state index contributed by atoms with van der Waals surface area (Å²) in [7, 11) is 0. The van der Waals surface area contributed by atoms with Gasteiger partial charge in [-0.05, 0) is 18.2 Å². The number of hydrogen-bond donors (Lipinski definition) is 1. The van der Waals surface area contributed by atoms with E-state index in [1.54, 1.807) is 12.1 Å². The molecule has 17 heavy (non-hydrogen) atoms. The maximum atomic E-state index is 9.71. The van der Waals surface area contributed by atoms with Crippen molar-refractivity contribution in [2.45, 2.75) is 26.2 Å². The summed E-state index contributed by atoms with van der Waals surface area (Å²) in [6.45, 7) is 5.96. The molecule has 0 amide bonds. The van der Waals surface area contributed by atoms with Gasteiger partial charge < -0.3 is 9.63 Å². The lowest BCUT2D eigenvalue weighted by molar-refractivity contribution is 0.399. The average molecular weight is 253 g/mol. The van der Waals surface area contributed by atoms with Crippen molar-refractivity contribution < 1.29 is 9.63 Å². The first-order chi connectivity index (χ1) is 7.88. The molecule has 0 bridgehead atoms. The van der Waals surface area contributed by atoms with Crippen LogP contribution in [0.3, 0.4) is 0 Å². The average Bonchev–Trinajstić information content (AvgIpc) is 2.70. The zero-order valence-electron chi connectivity index (χ0n) is 9.86. The van der Waals surface area contributed by atoms with E-state index in [0.717, 1.165) is 0 Å². The third-order valence-corrected chi connectivity index (χ3v) is 2.52. The fourth-order valence-corrected chi connectivity index (χ4v) is 1.49. The second-order valence-electron chi connectivity index (χ2n) is 4.83. The summed E-state index contributed by atoms with van der Waals surface area (Å²) in [6, 6.07) is 4.69. The quantitative estimate of drug-likeness (QED) is 0.845. The van der Waals surface area contributed by atoms with E-state index in [1.807, 2.05) is 20.8 Å². The predicted molar refractivity (Wildman–Crippen MR) is 65.1 cm³/mol. The number of rotatable bonds is 1. The maximum absolute atomic E-state index is 9.71. The van der Waals surface area contributed by atoms with Crippen molar-refractivity contribution in [1.82, 2.24) is 10.1 Å². The number of nitrogens with zero attached hydrogens (tertiary/aromatic N) is 2. The van der Waals surface area contributed by atoms with Crippen molar-refractivity contribution in [1.29, 1.82) is 0 Å². The highest BCUT2D eigenvalue weighted by Crippen LogP contribution is 2.31. The number of hydrogen-bond acceptors (Lipinski definition) is 4. The van der Waals surface area contributed by atoms with Crippen LogP contribution in [0, 0.1) is 0 Å². The van der Waals surface area contributed by atoms with Gasteiger partial charge in [0.25, 0.3) is 5.89 Å². The molecule has 1 aromatic carbocycles. The van der Waals surface area contributed by atoms with Gasteiger partial charge in [-0.2, -0.15) is 4.98 Å². The molecular formula is C12H13ClN2O2. The normalized spacial score (nSPS) is 11.8. The molecule has 0 saturated carbocycles. The number of phenols is 1. The van der Waals surface area contributed by atoms with Gasteiger partial charge in [-0.3, -0.25) is 0 Å². The molecule has 0 aliphatic heterocycles. The van der Waals surface area contributed by atoms with Gasteiger partial charge in [0, 0.05) is 10.4 Å². The maximum Gasteiger partial charge on any atom is 0.261 e. The van der Waals surface area contributed by atoms with E-state index in [4.69, 9.17) is 16.1 Å². The molecule has 5 heteroatoms. The van der Waals surface area contributed by atoms with E-state index < -0.39 is 0 Å². The first kappa shape index (κ1) is 11.9. The summed E-state index contributed by atoms with van der Waals surface area (Å²) >= 11 is 5.86. The van der Waals surface area contributed by atoms with Crippen LogP contribution in [0.5, 0.6) is 5.75 Å². The highest BCUT2D eigenvalue weighted by molar-refractivity contribution is 6.30. The van der Waals surface area contributed by atoms with Crippen LogP contribution in [0.25, 0.3) is 11.5 Å². The minimum Gasteiger partial charge on any atom is -0.507 e. The molecule has 0 radical (unpaired) electrons. The Kier molecular flexibility index (Phi) is 2.83. The minimum absolute atomic E-state index is 0.0681. The largest absolute Gasteiger partial charge is 0.507 e. The number of halogens is 1. The fourth-order valence-electron chi connectivity index (χ4n) is 1.32. The third-order valence-electron chi connectivity index (χ3n) is 2.29. The Bertz CT molecular complexity index is 544. The van der Waals surface area contributed by atoms with Crippen molar-refractivity contribution in [3.63, 3.8) is 0 Å². The van der Waals surface area contributed by atoms with Crippen LogP contribution in [0.1, 0.15) is 26.6 Å². The van der Waals surface area contributed by atoms with Crippen molar-refractivity contribution in [3.05, 3.63) is 29.0 Å². The molecule has 0 spiro atoms. The number of aromatic hydroxyl groups is 1. The lowest BCUT2D eigenvalue weighted by Gasteiger charge is -2.10. The van der Waals surface area contributed by atoms with E-state index in [-0.39, 0.29) is 17.1 Å². The van der Waals surface area contributed by atoms with Crippen LogP contribution in [-0.4, -0.2) is 15.2 Å². The Hall–Kier alpha value is -1.55. The highest BCUT2D eigenvalue weighted by Gasteiger charge is 2.22. The molecule has 1 aromatic heterocycles. The van der Waals surface area contributed by atoms with Gasteiger partial charge in [0.2, 0.25) is 0 Å². The van der Waals surface area contributed by atoms with Gasteiger partial charge in [-0.15, -0.1) is 0 Å². The highest BCUT2D eigenvalue weighted by atomic mass is 35.5. The number of aromatic nitrogens is 2. The lowest BCUT2D eigenvalue weighted by Crippen LogP contribution is -2.13. The Morgan fingerprint density at radius 1 is 1.29 bits per heavy atom. The topological polar surface area (TPSA) is 59.2 Å². The van der Waals surface area contributed by atoms with Gasteiger partial charge >= 0.3 is 0 Å². The molecule has 0 aliphatic rings. The standard InChI is InChI=1S/C12H13ClN2O2/c1-12(2,3)11-14-10(17-15-11)8-6-7(13)4-5-9(8)16/h4-6,16H,1-3H3. The molecule has 90 valence electrons. The molecule has 0 saturated heterocycles. The first-order valence-corrected chi connectivity index (χ1v) is 5.59. The second-order valence-corrected chi connectivity index (χ2v) is 5.27. The Labute approximate surface area is 104 Å². The summed E-state index contributed by atoms with van der Waals surface area (Å²) in [5, 5.41) is 14.1. The molecule has 2 rings (SSSR count). The van der Waals surface area contributed by atoms with Gasteiger partial charge in [-0.1, -0.05) is 37.5 Å². The predicted octanol–water partition coefficient (Wildman–Crippen LogP) is 3.39. The fraction of sp³-hybridized carbons (Fsp3) is 0.333. The molecule has 4 nitrogen and oxygen atoms in total. The minimum atomic E-state index is -0.198. The van der Waals surface area contributed by atoms with E-state index >= 15 is 0 Å². The lowest BCUT2D eigenvalue weighted by atomic mass is 9.96. The third kappa shape index (κ3) is 2.42. The van der Waals surface area contributed by atoms with Crippen molar-refractivity contribution in [2.75, 3.05) is 0 Å². The zero-order valence-corrected chi connectivity index (χ0v) is 10.6. The van der Waals surface area contributed by atoms with Crippen molar-refractivity contribution in [2.24, 2.45) is 0 Å². The monoisotopic (exact) mass is 252 g/mol. The molecule has 2 aromatic rings. The van der Waals surface area contributed by atoms with Crippen LogP contribution >= 0.6 is 11.6 Å². The van der Waals surface area contributed by atoms with E-state index in [2.05, 4.69) is 10.1 Å². The number of benzene rings is 1. The second kappa shape index (κ2) is 4.04.